The van der Waals surface area contributed by atoms with Gasteiger partial charge in [-0.1, -0.05) is 22.0 Å². The SMILES string of the molecule is COc1cc(OC)nc(Oc2cccc(F)c2CBr)n1. The Labute approximate surface area is 123 Å². The van der Waals surface area contributed by atoms with E-state index in [-0.39, 0.29) is 11.8 Å². The number of benzene rings is 1. The van der Waals surface area contributed by atoms with E-state index in [1.165, 1.54) is 26.4 Å². The van der Waals surface area contributed by atoms with Crippen molar-refractivity contribution in [2.24, 2.45) is 0 Å². The van der Waals surface area contributed by atoms with Gasteiger partial charge >= 0.3 is 6.01 Å². The van der Waals surface area contributed by atoms with E-state index in [1.807, 2.05) is 0 Å². The predicted molar refractivity (Wildman–Crippen MR) is 74.2 cm³/mol. The van der Waals surface area contributed by atoms with Crippen molar-refractivity contribution in [1.29, 1.82) is 0 Å². The standard InChI is InChI=1S/C13H12BrFN2O3/c1-18-11-6-12(19-2)17-13(16-11)20-10-5-3-4-9(15)8(10)7-14/h3-6H,7H2,1-2H3. The molecule has 0 N–H and O–H groups in total. The van der Waals surface area contributed by atoms with Crippen LogP contribution in [0.1, 0.15) is 5.56 Å². The van der Waals surface area contributed by atoms with Crippen molar-refractivity contribution in [2.75, 3.05) is 14.2 Å². The fraction of sp³-hybridized carbons (Fsp3) is 0.231. The molecule has 0 unspecified atom stereocenters. The second-order valence-electron chi connectivity index (χ2n) is 3.69. The number of hydrogen-bond donors (Lipinski definition) is 0. The summed E-state index contributed by atoms with van der Waals surface area (Å²) < 4.78 is 29.2. The highest BCUT2D eigenvalue weighted by molar-refractivity contribution is 9.08. The van der Waals surface area contributed by atoms with Crippen molar-refractivity contribution in [3.8, 4) is 23.5 Å². The number of alkyl halides is 1. The van der Waals surface area contributed by atoms with E-state index in [4.69, 9.17) is 14.2 Å². The normalized spacial score (nSPS) is 10.2. The van der Waals surface area contributed by atoms with Crippen molar-refractivity contribution in [3.05, 3.63) is 35.6 Å². The fourth-order valence-electron chi connectivity index (χ4n) is 1.50. The zero-order valence-electron chi connectivity index (χ0n) is 10.9. The van der Waals surface area contributed by atoms with Gasteiger partial charge in [0.25, 0.3) is 0 Å². The summed E-state index contributed by atoms with van der Waals surface area (Å²) in [4.78, 5) is 8.05. The van der Waals surface area contributed by atoms with E-state index in [9.17, 15) is 4.39 Å². The molecule has 0 aliphatic carbocycles. The molecule has 0 saturated carbocycles. The van der Waals surface area contributed by atoms with Crippen LogP contribution in [-0.2, 0) is 5.33 Å². The van der Waals surface area contributed by atoms with Crippen LogP contribution in [0.25, 0.3) is 0 Å². The third-order valence-corrected chi connectivity index (χ3v) is 3.05. The quantitative estimate of drug-likeness (QED) is 0.780. The summed E-state index contributed by atoms with van der Waals surface area (Å²) in [5, 5.41) is 0.316. The Morgan fingerprint density at radius 2 is 1.80 bits per heavy atom. The lowest BCUT2D eigenvalue weighted by Gasteiger charge is -2.10. The first-order valence-corrected chi connectivity index (χ1v) is 6.78. The maximum atomic E-state index is 13.6. The molecule has 0 aliphatic heterocycles. The van der Waals surface area contributed by atoms with Crippen molar-refractivity contribution in [3.63, 3.8) is 0 Å². The highest BCUT2D eigenvalue weighted by Crippen LogP contribution is 2.29. The van der Waals surface area contributed by atoms with Crippen LogP contribution in [0.4, 0.5) is 4.39 Å². The van der Waals surface area contributed by atoms with Gasteiger partial charge in [0, 0.05) is 10.9 Å². The van der Waals surface area contributed by atoms with Crippen LogP contribution < -0.4 is 14.2 Å². The van der Waals surface area contributed by atoms with Crippen LogP contribution in [0.3, 0.4) is 0 Å². The summed E-state index contributed by atoms with van der Waals surface area (Å²) in [6.45, 7) is 0. The Balaban J connectivity index is 2.37. The van der Waals surface area contributed by atoms with Gasteiger partial charge in [-0.15, -0.1) is 0 Å². The molecule has 0 fully saturated rings. The van der Waals surface area contributed by atoms with Crippen LogP contribution in [0, 0.1) is 5.82 Å². The summed E-state index contributed by atoms with van der Waals surface area (Å²) >= 11 is 3.22. The van der Waals surface area contributed by atoms with E-state index in [2.05, 4.69) is 25.9 Å². The molecule has 1 heterocycles. The number of nitrogens with zero attached hydrogens (tertiary/aromatic N) is 2. The van der Waals surface area contributed by atoms with Gasteiger partial charge in [-0.05, 0) is 12.1 Å². The Kier molecular flexibility index (Phi) is 4.73. The van der Waals surface area contributed by atoms with E-state index < -0.39 is 0 Å². The molecule has 7 heteroatoms. The molecule has 2 aromatic rings. The lowest BCUT2D eigenvalue weighted by atomic mass is 10.2. The number of aromatic nitrogens is 2. The van der Waals surface area contributed by atoms with Gasteiger partial charge < -0.3 is 14.2 Å². The molecule has 0 aliphatic rings. The maximum Gasteiger partial charge on any atom is 0.328 e. The Morgan fingerprint density at radius 1 is 1.15 bits per heavy atom. The van der Waals surface area contributed by atoms with Gasteiger partial charge in [-0.2, -0.15) is 9.97 Å². The summed E-state index contributed by atoms with van der Waals surface area (Å²) in [6, 6.07) is 6.08. The number of halogens is 2. The van der Waals surface area contributed by atoms with E-state index >= 15 is 0 Å². The minimum absolute atomic E-state index is 0.0222. The number of hydrogen-bond acceptors (Lipinski definition) is 5. The van der Waals surface area contributed by atoms with Crippen LogP contribution in [0.2, 0.25) is 0 Å². The molecule has 0 radical (unpaired) electrons. The first kappa shape index (κ1) is 14.5. The molecule has 0 saturated heterocycles. The molecule has 20 heavy (non-hydrogen) atoms. The number of methoxy groups -OCH3 is 2. The highest BCUT2D eigenvalue weighted by atomic mass is 79.9. The molecular formula is C13H12BrFN2O3. The summed E-state index contributed by atoms with van der Waals surface area (Å²) in [7, 11) is 2.94. The van der Waals surface area contributed by atoms with Crippen molar-refractivity contribution in [2.45, 2.75) is 5.33 Å². The molecule has 0 spiro atoms. The average Bonchev–Trinajstić information content (AvgIpc) is 2.47. The second-order valence-corrected chi connectivity index (χ2v) is 4.25. The molecule has 1 aromatic carbocycles. The molecule has 2 rings (SSSR count). The van der Waals surface area contributed by atoms with Gasteiger partial charge in [0.05, 0.1) is 20.3 Å². The first-order valence-electron chi connectivity index (χ1n) is 5.66. The molecule has 106 valence electrons. The molecule has 5 nitrogen and oxygen atoms in total. The highest BCUT2D eigenvalue weighted by Gasteiger charge is 2.12. The van der Waals surface area contributed by atoms with Crippen molar-refractivity contribution >= 4 is 15.9 Å². The molecular weight excluding hydrogens is 331 g/mol. The van der Waals surface area contributed by atoms with Gasteiger partial charge in [-0.3, -0.25) is 0 Å². The van der Waals surface area contributed by atoms with Crippen LogP contribution >= 0.6 is 15.9 Å². The minimum atomic E-state index is -0.366. The van der Waals surface area contributed by atoms with Gasteiger partial charge in [0.2, 0.25) is 11.8 Å². The molecule has 0 atom stereocenters. The average molecular weight is 343 g/mol. The predicted octanol–water partition coefficient (Wildman–Crippen LogP) is 3.32. The third-order valence-electron chi connectivity index (χ3n) is 2.49. The molecule has 1 aromatic heterocycles. The van der Waals surface area contributed by atoms with Gasteiger partial charge in [0.15, 0.2) is 0 Å². The summed E-state index contributed by atoms with van der Waals surface area (Å²) in [6.07, 6.45) is 0. The third kappa shape index (κ3) is 3.16. The minimum Gasteiger partial charge on any atom is -0.481 e. The van der Waals surface area contributed by atoms with Crippen LogP contribution in [0.15, 0.2) is 24.3 Å². The zero-order chi connectivity index (χ0) is 14.5. The topological polar surface area (TPSA) is 53.5 Å². The Hall–Kier alpha value is -1.89. The monoisotopic (exact) mass is 342 g/mol. The lowest BCUT2D eigenvalue weighted by Crippen LogP contribution is -2.00. The largest absolute Gasteiger partial charge is 0.481 e. The van der Waals surface area contributed by atoms with Crippen molar-refractivity contribution in [1.82, 2.24) is 9.97 Å². The molecule has 0 bridgehead atoms. The van der Waals surface area contributed by atoms with E-state index in [1.54, 1.807) is 12.1 Å². The van der Waals surface area contributed by atoms with Crippen molar-refractivity contribution < 1.29 is 18.6 Å². The lowest BCUT2D eigenvalue weighted by molar-refractivity contribution is 0.347. The van der Waals surface area contributed by atoms with Crippen LogP contribution in [-0.4, -0.2) is 24.2 Å². The summed E-state index contributed by atoms with van der Waals surface area (Å²) in [5.41, 5.74) is 0.387. The van der Waals surface area contributed by atoms with Gasteiger partial charge in [0.1, 0.15) is 11.6 Å². The smallest absolute Gasteiger partial charge is 0.328 e. The Bertz CT molecular complexity index is 588. The van der Waals surface area contributed by atoms with E-state index in [0.29, 0.717) is 28.4 Å². The summed E-state index contributed by atoms with van der Waals surface area (Å²) in [5.74, 6) is 0.554. The number of rotatable bonds is 5. The molecule has 0 amide bonds. The number of ether oxygens (including phenoxy) is 3. The van der Waals surface area contributed by atoms with E-state index in [0.717, 1.165) is 0 Å². The maximum absolute atomic E-state index is 13.6. The van der Waals surface area contributed by atoms with Gasteiger partial charge in [-0.25, -0.2) is 4.39 Å². The first-order chi connectivity index (χ1) is 9.67. The fourth-order valence-corrected chi connectivity index (χ4v) is 2.05. The van der Waals surface area contributed by atoms with Crippen LogP contribution in [0.5, 0.6) is 23.5 Å². The zero-order valence-corrected chi connectivity index (χ0v) is 12.5. The second kappa shape index (κ2) is 6.51. The Morgan fingerprint density at radius 3 is 2.35 bits per heavy atom.